The Morgan fingerprint density at radius 2 is 2.00 bits per heavy atom. The van der Waals surface area contributed by atoms with E-state index in [1.165, 1.54) is 12.1 Å². The summed E-state index contributed by atoms with van der Waals surface area (Å²) in [6, 6.07) is 6.44. The van der Waals surface area contributed by atoms with Crippen molar-refractivity contribution in [2.75, 3.05) is 5.32 Å². The van der Waals surface area contributed by atoms with E-state index in [0.717, 1.165) is 25.7 Å². The lowest BCUT2D eigenvalue weighted by atomic mass is 9.58. The van der Waals surface area contributed by atoms with Crippen molar-refractivity contribution in [1.82, 2.24) is 0 Å². The van der Waals surface area contributed by atoms with Crippen molar-refractivity contribution in [1.29, 1.82) is 0 Å². The molecule has 1 aromatic carbocycles. The fraction of sp³-hybridized carbons (Fsp3) is 0.714. The van der Waals surface area contributed by atoms with Crippen LogP contribution < -0.4 is 5.32 Å². The van der Waals surface area contributed by atoms with Gasteiger partial charge in [0, 0.05) is 18.0 Å². The van der Waals surface area contributed by atoms with E-state index in [2.05, 4.69) is 35.1 Å². The average molecular weight is 456 g/mol. The lowest BCUT2D eigenvalue weighted by molar-refractivity contribution is -0.568. The van der Waals surface area contributed by atoms with Gasteiger partial charge < -0.3 is 14.8 Å². The van der Waals surface area contributed by atoms with Crippen molar-refractivity contribution in [3.8, 4) is 0 Å². The molecule has 0 radical (unpaired) electrons. The minimum Gasteiger partial charge on any atom is -0.359 e. The number of rotatable bonds is 2. The molecule has 5 aliphatic rings. The minimum atomic E-state index is -0.805. The van der Waals surface area contributed by atoms with Crippen LogP contribution in [0.5, 0.6) is 0 Å². The predicted octanol–water partition coefficient (Wildman–Crippen LogP) is 4.96. The predicted molar refractivity (Wildman–Crippen MR) is 105 cm³/mol. The maximum atomic E-state index is 13.7. The lowest BCUT2D eigenvalue weighted by Crippen LogP contribution is -2.74. The highest BCUT2D eigenvalue weighted by Crippen LogP contribution is 2.63. The molecule has 4 aliphatic heterocycles. The molecule has 154 valence electrons. The van der Waals surface area contributed by atoms with Crippen molar-refractivity contribution < 1.29 is 23.6 Å². The first-order chi connectivity index (χ1) is 13.2. The molecule has 1 unspecified atom stereocenters. The van der Waals surface area contributed by atoms with Crippen LogP contribution in [0.4, 0.5) is 10.1 Å². The fourth-order valence-corrected chi connectivity index (χ4v) is 6.60. The Hall–Kier alpha value is -0.730. The highest BCUT2D eigenvalue weighted by Gasteiger charge is 2.72. The van der Waals surface area contributed by atoms with Gasteiger partial charge in [0.05, 0.1) is 4.32 Å². The van der Waals surface area contributed by atoms with E-state index in [4.69, 9.17) is 19.2 Å². The topological polar surface area (TPSA) is 49.0 Å². The Morgan fingerprint density at radius 1 is 1.18 bits per heavy atom. The summed E-state index contributed by atoms with van der Waals surface area (Å²) in [4.78, 5) is 12.0. The van der Waals surface area contributed by atoms with Gasteiger partial charge in [0.2, 0.25) is 5.79 Å². The Kier molecular flexibility index (Phi) is 4.39. The minimum absolute atomic E-state index is 0.119. The highest BCUT2D eigenvalue weighted by atomic mass is 79.9. The SMILES string of the molecule is C[C@@H]1CC[C@@H]2[C@]34OO[C@](C)(CC[C@@H]13)O[C@H]4OC(Nc1cccc(F)c1)[C@@]2(C)Br. The van der Waals surface area contributed by atoms with Crippen LogP contribution in [0.2, 0.25) is 0 Å². The van der Waals surface area contributed by atoms with E-state index in [1.807, 2.05) is 13.0 Å². The molecule has 1 aromatic rings. The molecule has 7 heteroatoms. The third-order valence-electron chi connectivity index (χ3n) is 7.29. The largest absolute Gasteiger partial charge is 0.359 e. The van der Waals surface area contributed by atoms with E-state index in [-0.39, 0.29) is 11.7 Å². The highest BCUT2D eigenvalue weighted by molar-refractivity contribution is 9.10. The van der Waals surface area contributed by atoms with E-state index in [0.29, 0.717) is 17.5 Å². The summed E-state index contributed by atoms with van der Waals surface area (Å²) < 4.78 is 26.1. The monoisotopic (exact) mass is 455 g/mol. The maximum absolute atomic E-state index is 13.7. The number of anilines is 1. The zero-order valence-electron chi connectivity index (χ0n) is 16.4. The summed E-state index contributed by atoms with van der Waals surface area (Å²) in [5, 5.41) is 3.36. The molecule has 1 N–H and O–H groups in total. The van der Waals surface area contributed by atoms with Gasteiger partial charge in [0.25, 0.3) is 0 Å². The molecule has 0 aromatic heterocycles. The Morgan fingerprint density at radius 3 is 2.79 bits per heavy atom. The summed E-state index contributed by atoms with van der Waals surface area (Å²) >= 11 is 3.96. The molecule has 28 heavy (non-hydrogen) atoms. The van der Waals surface area contributed by atoms with Gasteiger partial charge in [-0.2, -0.15) is 0 Å². The van der Waals surface area contributed by atoms with Crippen LogP contribution in [0.1, 0.15) is 46.5 Å². The van der Waals surface area contributed by atoms with Gasteiger partial charge in [-0.05, 0) is 63.1 Å². The first-order valence-corrected chi connectivity index (χ1v) is 10.9. The second-order valence-electron chi connectivity index (χ2n) is 9.18. The van der Waals surface area contributed by atoms with Gasteiger partial charge in [0.1, 0.15) is 12.0 Å². The van der Waals surface area contributed by atoms with Gasteiger partial charge in [0.15, 0.2) is 11.9 Å². The van der Waals surface area contributed by atoms with Crippen LogP contribution in [0.3, 0.4) is 0 Å². The van der Waals surface area contributed by atoms with Crippen molar-refractivity contribution in [2.45, 2.75) is 74.7 Å². The number of nitrogens with one attached hydrogen (secondary N) is 1. The van der Waals surface area contributed by atoms with E-state index in [1.54, 1.807) is 6.07 Å². The van der Waals surface area contributed by atoms with Crippen LogP contribution in [0, 0.1) is 23.6 Å². The number of hydrogen-bond acceptors (Lipinski definition) is 5. The van der Waals surface area contributed by atoms with Crippen LogP contribution in [0.25, 0.3) is 0 Å². The van der Waals surface area contributed by atoms with Crippen LogP contribution >= 0.6 is 15.9 Å². The molecule has 1 saturated carbocycles. The normalized spacial score (nSPS) is 50.0. The number of alkyl halides is 1. The molecule has 5 fully saturated rings. The van der Waals surface area contributed by atoms with Crippen molar-refractivity contribution >= 4 is 21.6 Å². The number of hydrogen-bond donors (Lipinski definition) is 1. The van der Waals surface area contributed by atoms with Crippen molar-refractivity contribution in [2.24, 2.45) is 17.8 Å². The average Bonchev–Trinajstić information content (AvgIpc) is 2.86. The summed E-state index contributed by atoms with van der Waals surface area (Å²) in [7, 11) is 0. The first-order valence-electron chi connectivity index (χ1n) is 10.2. The molecule has 5 nitrogen and oxygen atoms in total. The molecule has 2 bridgehead atoms. The number of halogens is 2. The van der Waals surface area contributed by atoms with E-state index >= 15 is 0 Å². The van der Waals surface area contributed by atoms with E-state index < -0.39 is 28.2 Å². The van der Waals surface area contributed by atoms with Crippen molar-refractivity contribution in [3.05, 3.63) is 30.1 Å². The van der Waals surface area contributed by atoms with Gasteiger partial charge in [-0.15, -0.1) is 0 Å². The molecule has 0 amide bonds. The third-order valence-corrected chi connectivity index (χ3v) is 8.26. The van der Waals surface area contributed by atoms with Gasteiger partial charge >= 0.3 is 0 Å². The standard InChI is InChI=1S/C21H27BrFNO4/c1-12-7-8-16-20(3,22)17(24-14-6-4-5-13(23)11-14)25-18-21(16)15(12)9-10-19(2,26-18)27-28-21/h4-6,11-12,15-18,24H,7-10H2,1-3H3/t12-,15+,16+,17?,18-,19-,20+,21-/m1/s1. The smallest absolute Gasteiger partial charge is 0.201 e. The van der Waals surface area contributed by atoms with Crippen LogP contribution in [0.15, 0.2) is 24.3 Å². The van der Waals surface area contributed by atoms with Gasteiger partial charge in [-0.25, -0.2) is 14.2 Å². The molecule has 1 spiro atoms. The second-order valence-corrected chi connectivity index (χ2v) is 10.9. The first kappa shape index (κ1) is 19.2. The molecule has 8 atom stereocenters. The van der Waals surface area contributed by atoms with Gasteiger partial charge in [-0.1, -0.05) is 28.9 Å². The molecule has 1 aliphatic carbocycles. The fourth-order valence-electron chi connectivity index (χ4n) is 5.79. The molecule has 4 heterocycles. The second kappa shape index (κ2) is 6.38. The molecule has 4 saturated heterocycles. The van der Waals surface area contributed by atoms with Crippen LogP contribution in [-0.4, -0.2) is 28.2 Å². The molecular weight excluding hydrogens is 429 g/mol. The maximum Gasteiger partial charge on any atom is 0.201 e. The zero-order chi connectivity index (χ0) is 19.7. The number of ether oxygens (including phenoxy) is 2. The molecular formula is C21H27BrFNO4. The molecule has 6 rings (SSSR count). The Bertz CT molecular complexity index is 779. The van der Waals surface area contributed by atoms with Crippen LogP contribution in [-0.2, 0) is 19.2 Å². The summed E-state index contributed by atoms with van der Waals surface area (Å²) in [5.74, 6) is -0.164. The zero-order valence-corrected chi connectivity index (χ0v) is 18.0. The summed E-state index contributed by atoms with van der Waals surface area (Å²) in [6.07, 6.45) is 2.91. The lowest BCUT2D eigenvalue weighted by Gasteiger charge is -2.62. The Balaban J connectivity index is 1.54. The Labute approximate surface area is 173 Å². The number of fused-ring (bicyclic) bond motifs is 2. The quantitative estimate of drug-likeness (QED) is 0.504. The summed E-state index contributed by atoms with van der Waals surface area (Å²) in [5.41, 5.74) is 0.0287. The van der Waals surface area contributed by atoms with Gasteiger partial charge in [-0.3, -0.25) is 0 Å². The number of benzene rings is 1. The summed E-state index contributed by atoms with van der Waals surface area (Å²) in [6.45, 7) is 6.32. The van der Waals surface area contributed by atoms with Crippen molar-refractivity contribution in [3.63, 3.8) is 0 Å². The van der Waals surface area contributed by atoms with E-state index in [9.17, 15) is 4.39 Å². The third kappa shape index (κ3) is 2.70.